The Morgan fingerprint density at radius 2 is 2.31 bits per heavy atom. The van der Waals surface area contributed by atoms with Crippen molar-refractivity contribution in [3.63, 3.8) is 0 Å². The smallest absolute Gasteiger partial charge is 0.223 e. The molecule has 0 atom stereocenters. The zero-order valence-electron chi connectivity index (χ0n) is 7.66. The van der Waals surface area contributed by atoms with Crippen LogP contribution in [0.1, 0.15) is 24.8 Å². The predicted molar refractivity (Wildman–Crippen MR) is 49.4 cm³/mol. The van der Waals surface area contributed by atoms with Gasteiger partial charge >= 0.3 is 0 Å². The molecule has 4 nitrogen and oxygen atoms in total. The second kappa shape index (κ2) is 3.20. The van der Waals surface area contributed by atoms with Gasteiger partial charge in [-0.15, -0.1) is 0 Å². The van der Waals surface area contributed by atoms with Gasteiger partial charge in [-0.25, -0.2) is 4.98 Å². The SMILES string of the molecule is Cc1cnc(N)nc1OC1CCC1. The highest BCUT2D eigenvalue weighted by molar-refractivity contribution is 5.28. The second-order valence-corrected chi connectivity index (χ2v) is 3.39. The molecule has 0 amide bonds. The molecule has 0 saturated heterocycles. The van der Waals surface area contributed by atoms with Crippen molar-refractivity contribution in [2.24, 2.45) is 0 Å². The van der Waals surface area contributed by atoms with E-state index in [9.17, 15) is 0 Å². The van der Waals surface area contributed by atoms with Crippen LogP contribution in [-0.2, 0) is 0 Å². The number of nitrogen functional groups attached to an aromatic ring is 1. The summed E-state index contributed by atoms with van der Waals surface area (Å²) in [5.74, 6) is 0.914. The zero-order chi connectivity index (χ0) is 9.26. The van der Waals surface area contributed by atoms with Gasteiger partial charge in [0, 0.05) is 11.8 Å². The first kappa shape index (κ1) is 8.29. The molecule has 1 aromatic heterocycles. The number of anilines is 1. The minimum atomic E-state index is 0.278. The van der Waals surface area contributed by atoms with E-state index < -0.39 is 0 Å². The third kappa shape index (κ3) is 1.71. The molecule has 4 heteroatoms. The van der Waals surface area contributed by atoms with E-state index in [1.165, 1.54) is 6.42 Å². The highest BCUT2D eigenvalue weighted by atomic mass is 16.5. The van der Waals surface area contributed by atoms with E-state index in [0.29, 0.717) is 12.0 Å². The van der Waals surface area contributed by atoms with Gasteiger partial charge in [0.15, 0.2) is 0 Å². The molecule has 0 spiro atoms. The average molecular weight is 179 g/mol. The summed E-state index contributed by atoms with van der Waals surface area (Å²) in [6, 6.07) is 0. The molecule has 1 aliphatic carbocycles. The van der Waals surface area contributed by atoms with Gasteiger partial charge in [-0.3, -0.25) is 0 Å². The van der Waals surface area contributed by atoms with Crippen molar-refractivity contribution in [1.82, 2.24) is 9.97 Å². The molecule has 13 heavy (non-hydrogen) atoms. The van der Waals surface area contributed by atoms with Gasteiger partial charge in [0.25, 0.3) is 0 Å². The number of aryl methyl sites for hydroxylation is 1. The minimum absolute atomic E-state index is 0.278. The van der Waals surface area contributed by atoms with E-state index >= 15 is 0 Å². The largest absolute Gasteiger partial charge is 0.474 e. The summed E-state index contributed by atoms with van der Waals surface area (Å²) in [4.78, 5) is 7.92. The molecule has 70 valence electrons. The number of hydrogen-bond acceptors (Lipinski definition) is 4. The van der Waals surface area contributed by atoms with Crippen molar-refractivity contribution in [2.75, 3.05) is 5.73 Å². The molecule has 0 bridgehead atoms. The van der Waals surface area contributed by atoms with Crippen molar-refractivity contribution >= 4 is 5.95 Å². The molecule has 0 unspecified atom stereocenters. The lowest BCUT2D eigenvalue weighted by Crippen LogP contribution is -2.25. The van der Waals surface area contributed by atoms with E-state index in [-0.39, 0.29) is 5.95 Å². The molecule has 1 heterocycles. The van der Waals surface area contributed by atoms with E-state index in [2.05, 4.69) is 9.97 Å². The molecule has 2 rings (SSSR count). The van der Waals surface area contributed by atoms with Crippen LogP contribution in [0.5, 0.6) is 5.88 Å². The molecule has 0 aliphatic heterocycles. The van der Waals surface area contributed by atoms with E-state index in [4.69, 9.17) is 10.5 Å². The van der Waals surface area contributed by atoms with Gasteiger partial charge in [0.2, 0.25) is 11.8 Å². The van der Waals surface area contributed by atoms with Crippen LogP contribution < -0.4 is 10.5 Å². The Hall–Kier alpha value is -1.32. The summed E-state index contributed by atoms with van der Waals surface area (Å²) in [6.07, 6.45) is 5.54. The van der Waals surface area contributed by atoms with Crippen molar-refractivity contribution in [1.29, 1.82) is 0 Å². The first-order valence-corrected chi connectivity index (χ1v) is 4.51. The summed E-state index contributed by atoms with van der Waals surface area (Å²) in [7, 11) is 0. The first-order chi connectivity index (χ1) is 6.25. The van der Waals surface area contributed by atoms with Gasteiger partial charge in [-0.1, -0.05) is 0 Å². The number of nitrogens with two attached hydrogens (primary N) is 1. The number of aromatic nitrogens is 2. The molecular formula is C9H13N3O. The Bertz CT molecular complexity index is 310. The fourth-order valence-electron chi connectivity index (χ4n) is 1.21. The van der Waals surface area contributed by atoms with Crippen LogP contribution in [0.4, 0.5) is 5.95 Å². The fraction of sp³-hybridized carbons (Fsp3) is 0.556. The Morgan fingerprint density at radius 3 is 2.92 bits per heavy atom. The van der Waals surface area contributed by atoms with Crippen molar-refractivity contribution in [3.8, 4) is 5.88 Å². The van der Waals surface area contributed by atoms with Crippen LogP contribution in [0.15, 0.2) is 6.20 Å². The molecule has 1 aromatic rings. The maximum absolute atomic E-state index is 5.63. The maximum atomic E-state index is 5.63. The summed E-state index contributed by atoms with van der Waals surface area (Å²) in [6.45, 7) is 1.92. The van der Waals surface area contributed by atoms with Crippen LogP contribution in [0, 0.1) is 6.92 Å². The number of ether oxygens (including phenoxy) is 1. The highest BCUT2D eigenvalue weighted by Gasteiger charge is 2.20. The monoisotopic (exact) mass is 179 g/mol. The summed E-state index contributed by atoms with van der Waals surface area (Å²) < 4.78 is 5.63. The maximum Gasteiger partial charge on any atom is 0.223 e. The molecule has 1 saturated carbocycles. The quantitative estimate of drug-likeness (QED) is 0.743. The van der Waals surface area contributed by atoms with Gasteiger partial charge in [0.1, 0.15) is 6.10 Å². The predicted octanol–water partition coefficient (Wildman–Crippen LogP) is 1.30. The Labute approximate surface area is 77.1 Å². The molecular weight excluding hydrogens is 166 g/mol. The summed E-state index contributed by atoms with van der Waals surface area (Å²) in [5, 5.41) is 0. The van der Waals surface area contributed by atoms with Gasteiger partial charge < -0.3 is 10.5 Å². The van der Waals surface area contributed by atoms with Crippen LogP contribution in [0.2, 0.25) is 0 Å². The zero-order valence-corrected chi connectivity index (χ0v) is 7.66. The van der Waals surface area contributed by atoms with Gasteiger partial charge in [-0.05, 0) is 26.2 Å². The molecule has 2 N–H and O–H groups in total. The topological polar surface area (TPSA) is 61.0 Å². The lowest BCUT2D eigenvalue weighted by Gasteiger charge is -2.26. The summed E-state index contributed by atoms with van der Waals surface area (Å²) in [5.41, 5.74) is 6.41. The standard InChI is InChI=1S/C9H13N3O/c1-6-5-11-9(10)12-8(6)13-7-3-2-4-7/h5,7H,2-4H2,1H3,(H2,10,11,12). The first-order valence-electron chi connectivity index (χ1n) is 4.51. The van der Waals surface area contributed by atoms with Gasteiger partial charge in [-0.2, -0.15) is 4.98 Å². The summed E-state index contributed by atoms with van der Waals surface area (Å²) >= 11 is 0. The van der Waals surface area contributed by atoms with E-state index in [0.717, 1.165) is 18.4 Å². The normalized spacial score (nSPS) is 16.7. The lowest BCUT2D eigenvalue weighted by molar-refractivity contribution is 0.113. The van der Waals surface area contributed by atoms with Crippen molar-refractivity contribution < 1.29 is 4.74 Å². The fourth-order valence-corrected chi connectivity index (χ4v) is 1.21. The molecule has 0 aromatic carbocycles. The Kier molecular flexibility index (Phi) is 2.04. The van der Waals surface area contributed by atoms with Crippen molar-refractivity contribution in [3.05, 3.63) is 11.8 Å². The number of nitrogens with zero attached hydrogens (tertiary/aromatic N) is 2. The van der Waals surface area contributed by atoms with Crippen LogP contribution in [-0.4, -0.2) is 16.1 Å². The van der Waals surface area contributed by atoms with E-state index in [1.54, 1.807) is 6.20 Å². The third-order valence-corrected chi connectivity index (χ3v) is 2.27. The Morgan fingerprint density at radius 1 is 1.54 bits per heavy atom. The van der Waals surface area contributed by atoms with E-state index in [1.807, 2.05) is 6.92 Å². The third-order valence-electron chi connectivity index (χ3n) is 2.27. The van der Waals surface area contributed by atoms with Crippen molar-refractivity contribution in [2.45, 2.75) is 32.3 Å². The second-order valence-electron chi connectivity index (χ2n) is 3.39. The molecule has 1 aliphatic rings. The van der Waals surface area contributed by atoms with Crippen LogP contribution >= 0.6 is 0 Å². The highest BCUT2D eigenvalue weighted by Crippen LogP contribution is 2.25. The molecule has 1 fully saturated rings. The van der Waals surface area contributed by atoms with Crippen LogP contribution in [0.3, 0.4) is 0 Å². The van der Waals surface area contributed by atoms with Gasteiger partial charge in [0.05, 0.1) is 0 Å². The molecule has 0 radical (unpaired) electrons. The number of rotatable bonds is 2. The van der Waals surface area contributed by atoms with Crippen LogP contribution in [0.25, 0.3) is 0 Å². The average Bonchev–Trinajstić information content (AvgIpc) is 2.03. The number of hydrogen-bond donors (Lipinski definition) is 1. The lowest BCUT2D eigenvalue weighted by atomic mass is 9.96. The Balaban J connectivity index is 2.13. The minimum Gasteiger partial charge on any atom is -0.474 e.